The number of nitrogens with one attached hydrogen (secondary N) is 2. The number of carbonyl (C=O) groups excluding carboxylic acids is 1. The van der Waals surface area contributed by atoms with Crippen molar-refractivity contribution in [3.63, 3.8) is 0 Å². The van der Waals surface area contributed by atoms with E-state index in [1.165, 1.54) is 0 Å². The SMILES string of the molecule is Cc1ccc(NC(=O)CNCCN(C)C)cc1Br. The zero-order valence-electron chi connectivity index (χ0n) is 11.1. The smallest absolute Gasteiger partial charge is 0.238 e. The van der Waals surface area contributed by atoms with Crippen molar-refractivity contribution in [1.82, 2.24) is 10.2 Å². The van der Waals surface area contributed by atoms with Gasteiger partial charge in [-0.2, -0.15) is 0 Å². The van der Waals surface area contributed by atoms with Gasteiger partial charge in [-0.05, 0) is 38.7 Å². The number of amides is 1. The van der Waals surface area contributed by atoms with Gasteiger partial charge in [0.15, 0.2) is 0 Å². The third-order valence-electron chi connectivity index (χ3n) is 2.48. The zero-order valence-corrected chi connectivity index (χ0v) is 12.7. The number of halogens is 1. The molecule has 1 rings (SSSR count). The Morgan fingerprint density at radius 2 is 2.11 bits per heavy atom. The summed E-state index contributed by atoms with van der Waals surface area (Å²) >= 11 is 3.44. The van der Waals surface area contributed by atoms with Crippen LogP contribution in [0.4, 0.5) is 5.69 Å². The van der Waals surface area contributed by atoms with Gasteiger partial charge in [-0.25, -0.2) is 0 Å². The highest BCUT2D eigenvalue weighted by Gasteiger charge is 2.03. The fourth-order valence-electron chi connectivity index (χ4n) is 1.38. The van der Waals surface area contributed by atoms with Crippen LogP contribution in [0, 0.1) is 6.92 Å². The molecule has 0 aliphatic carbocycles. The largest absolute Gasteiger partial charge is 0.325 e. The molecule has 0 fully saturated rings. The second-order valence-corrected chi connectivity index (χ2v) is 5.35. The summed E-state index contributed by atoms with van der Waals surface area (Å²) in [6.45, 7) is 4.07. The van der Waals surface area contributed by atoms with Crippen LogP contribution in [0.1, 0.15) is 5.56 Å². The molecule has 0 heterocycles. The Bertz CT molecular complexity index is 407. The Hall–Kier alpha value is -0.910. The van der Waals surface area contributed by atoms with Gasteiger partial charge >= 0.3 is 0 Å². The van der Waals surface area contributed by atoms with E-state index in [9.17, 15) is 4.79 Å². The van der Waals surface area contributed by atoms with E-state index in [1.54, 1.807) is 0 Å². The molecule has 5 heteroatoms. The maximum absolute atomic E-state index is 11.7. The number of likely N-dealkylation sites (N-methyl/N-ethyl adjacent to an activating group) is 1. The first-order chi connectivity index (χ1) is 8.49. The highest BCUT2D eigenvalue weighted by molar-refractivity contribution is 9.10. The minimum atomic E-state index is -0.0236. The number of benzene rings is 1. The van der Waals surface area contributed by atoms with Crippen LogP contribution in [0.25, 0.3) is 0 Å². The summed E-state index contributed by atoms with van der Waals surface area (Å²) in [5.74, 6) is -0.0236. The van der Waals surface area contributed by atoms with Crippen molar-refractivity contribution in [2.45, 2.75) is 6.92 Å². The summed E-state index contributed by atoms with van der Waals surface area (Å²) in [7, 11) is 4.01. The first-order valence-electron chi connectivity index (χ1n) is 5.90. The van der Waals surface area contributed by atoms with E-state index in [1.807, 2.05) is 39.2 Å². The maximum Gasteiger partial charge on any atom is 0.238 e. The summed E-state index contributed by atoms with van der Waals surface area (Å²) in [4.78, 5) is 13.7. The van der Waals surface area contributed by atoms with Crippen molar-refractivity contribution in [2.75, 3.05) is 39.0 Å². The van der Waals surface area contributed by atoms with Gasteiger partial charge in [-0.1, -0.05) is 22.0 Å². The molecule has 0 saturated heterocycles. The Labute approximate surface area is 117 Å². The second kappa shape index (κ2) is 7.51. The van der Waals surface area contributed by atoms with Gasteiger partial charge in [0, 0.05) is 23.2 Å². The molecule has 100 valence electrons. The molecule has 18 heavy (non-hydrogen) atoms. The molecule has 0 bridgehead atoms. The van der Waals surface area contributed by atoms with Gasteiger partial charge in [-0.15, -0.1) is 0 Å². The molecule has 1 amide bonds. The molecule has 0 aliphatic heterocycles. The third-order valence-corrected chi connectivity index (χ3v) is 3.33. The predicted octanol–water partition coefficient (Wildman–Crippen LogP) is 1.85. The highest BCUT2D eigenvalue weighted by atomic mass is 79.9. The molecule has 0 aliphatic rings. The first kappa shape index (κ1) is 15.1. The maximum atomic E-state index is 11.7. The van der Waals surface area contributed by atoms with E-state index >= 15 is 0 Å². The summed E-state index contributed by atoms with van der Waals surface area (Å²) in [5, 5.41) is 5.95. The van der Waals surface area contributed by atoms with Crippen molar-refractivity contribution in [2.24, 2.45) is 0 Å². The predicted molar refractivity (Wildman–Crippen MR) is 78.9 cm³/mol. The fourth-order valence-corrected chi connectivity index (χ4v) is 1.76. The Morgan fingerprint density at radius 3 is 2.72 bits per heavy atom. The van der Waals surface area contributed by atoms with E-state index in [-0.39, 0.29) is 5.91 Å². The average molecular weight is 314 g/mol. The molecular formula is C13H20BrN3O. The van der Waals surface area contributed by atoms with Crippen molar-refractivity contribution in [1.29, 1.82) is 0 Å². The van der Waals surface area contributed by atoms with Gasteiger partial charge in [0.25, 0.3) is 0 Å². The van der Waals surface area contributed by atoms with Crippen LogP contribution < -0.4 is 10.6 Å². The van der Waals surface area contributed by atoms with Crippen molar-refractivity contribution >= 4 is 27.5 Å². The van der Waals surface area contributed by atoms with Crippen LogP contribution in [-0.4, -0.2) is 44.5 Å². The van der Waals surface area contributed by atoms with Gasteiger partial charge in [0.05, 0.1) is 6.54 Å². The molecule has 0 spiro atoms. The van der Waals surface area contributed by atoms with Crippen LogP contribution in [-0.2, 0) is 4.79 Å². The summed E-state index contributed by atoms with van der Waals surface area (Å²) in [5.41, 5.74) is 1.96. The Balaban J connectivity index is 2.33. The number of aryl methyl sites for hydroxylation is 1. The van der Waals surface area contributed by atoms with Crippen LogP contribution >= 0.6 is 15.9 Å². The number of anilines is 1. The van der Waals surface area contributed by atoms with Crippen molar-refractivity contribution in [3.8, 4) is 0 Å². The number of hydrogen-bond donors (Lipinski definition) is 2. The van der Waals surface area contributed by atoms with Gasteiger partial charge < -0.3 is 15.5 Å². The van der Waals surface area contributed by atoms with Crippen molar-refractivity contribution < 1.29 is 4.79 Å². The first-order valence-corrected chi connectivity index (χ1v) is 6.70. The Morgan fingerprint density at radius 1 is 1.39 bits per heavy atom. The molecule has 4 nitrogen and oxygen atoms in total. The topological polar surface area (TPSA) is 44.4 Å². The standard InChI is InChI=1S/C13H20BrN3O/c1-10-4-5-11(8-12(10)14)16-13(18)9-15-6-7-17(2)3/h4-5,8,15H,6-7,9H2,1-3H3,(H,16,18). The van der Waals surface area contributed by atoms with E-state index in [0.29, 0.717) is 6.54 Å². The number of carbonyl (C=O) groups is 1. The summed E-state index contributed by atoms with van der Waals surface area (Å²) in [6, 6.07) is 5.78. The lowest BCUT2D eigenvalue weighted by Gasteiger charge is -2.11. The highest BCUT2D eigenvalue weighted by Crippen LogP contribution is 2.20. The normalized spacial score (nSPS) is 10.7. The van der Waals surface area contributed by atoms with Gasteiger partial charge in [0.1, 0.15) is 0 Å². The lowest BCUT2D eigenvalue weighted by Crippen LogP contribution is -2.33. The number of rotatable bonds is 6. The number of nitrogens with zero attached hydrogens (tertiary/aromatic N) is 1. The number of hydrogen-bond acceptors (Lipinski definition) is 3. The molecule has 0 aromatic heterocycles. The van der Waals surface area contributed by atoms with Crippen LogP contribution in [0.5, 0.6) is 0 Å². The molecular weight excluding hydrogens is 294 g/mol. The third kappa shape index (κ3) is 5.62. The molecule has 0 saturated carbocycles. The van der Waals surface area contributed by atoms with Crippen LogP contribution in [0.3, 0.4) is 0 Å². The van der Waals surface area contributed by atoms with Gasteiger partial charge in [0.2, 0.25) is 5.91 Å². The van der Waals surface area contributed by atoms with Crippen molar-refractivity contribution in [3.05, 3.63) is 28.2 Å². The van der Waals surface area contributed by atoms with Crippen LogP contribution in [0.15, 0.2) is 22.7 Å². The minimum Gasteiger partial charge on any atom is -0.325 e. The quantitative estimate of drug-likeness (QED) is 0.788. The molecule has 1 aromatic rings. The minimum absolute atomic E-state index is 0.0236. The second-order valence-electron chi connectivity index (χ2n) is 4.49. The molecule has 2 N–H and O–H groups in total. The lowest BCUT2D eigenvalue weighted by atomic mass is 10.2. The van der Waals surface area contributed by atoms with Gasteiger partial charge in [-0.3, -0.25) is 4.79 Å². The Kier molecular flexibility index (Phi) is 6.32. The molecule has 0 unspecified atom stereocenters. The molecule has 0 atom stereocenters. The lowest BCUT2D eigenvalue weighted by molar-refractivity contribution is -0.115. The average Bonchev–Trinajstić information content (AvgIpc) is 2.29. The van der Waals surface area contributed by atoms with E-state index in [0.717, 1.165) is 28.8 Å². The van der Waals surface area contributed by atoms with E-state index in [4.69, 9.17) is 0 Å². The summed E-state index contributed by atoms with van der Waals surface area (Å²) < 4.78 is 1.00. The fraction of sp³-hybridized carbons (Fsp3) is 0.462. The summed E-state index contributed by atoms with van der Waals surface area (Å²) in [6.07, 6.45) is 0. The van der Waals surface area contributed by atoms with Crippen LogP contribution in [0.2, 0.25) is 0 Å². The molecule has 1 aromatic carbocycles. The van der Waals surface area contributed by atoms with E-state index < -0.39 is 0 Å². The molecule has 0 radical (unpaired) electrons. The van der Waals surface area contributed by atoms with E-state index in [2.05, 4.69) is 31.5 Å². The monoisotopic (exact) mass is 313 g/mol. The zero-order chi connectivity index (χ0) is 13.5.